The number of phenols is 1. The van der Waals surface area contributed by atoms with Crippen LogP contribution in [0, 0.1) is 6.92 Å². The van der Waals surface area contributed by atoms with Gasteiger partial charge in [0.15, 0.2) is 5.75 Å². The molecule has 0 amide bonds. The van der Waals surface area contributed by atoms with Gasteiger partial charge in [-0.3, -0.25) is 9.11 Å². The maximum atomic E-state index is 12.1. The number of nitrogens with zero attached hydrogens (tertiary/aromatic N) is 5. The predicted molar refractivity (Wildman–Crippen MR) is 205 cm³/mol. The fourth-order valence-corrected chi connectivity index (χ4v) is 7.50. The minimum absolute atomic E-state index is 0.0130. The van der Waals surface area contributed by atoms with Gasteiger partial charge in [-0.25, -0.2) is 10.2 Å². The lowest BCUT2D eigenvalue weighted by Crippen LogP contribution is -2.03. The Kier molecular flexibility index (Phi) is 10.0. The number of phenolic OH excluding ortho intramolecular Hbond substituents is 1. The number of para-hydroxylation sites is 1. The van der Waals surface area contributed by atoms with Crippen molar-refractivity contribution >= 4 is 93.2 Å². The first kappa shape index (κ1) is 37.4. The topological polar surface area (TPSA) is 256 Å². The summed E-state index contributed by atoms with van der Waals surface area (Å²) in [6.07, 6.45) is 0. The number of benzene rings is 6. The molecule has 0 saturated carbocycles. The van der Waals surface area contributed by atoms with E-state index in [0.717, 1.165) is 39.9 Å². The van der Waals surface area contributed by atoms with Crippen molar-refractivity contribution in [1.29, 1.82) is 0 Å². The summed E-state index contributed by atoms with van der Waals surface area (Å²) < 4.78 is 71.8. The molecule has 7 rings (SSSR count). The standard InChI is InChI=1S/C36H26N6O10S3/c1-19-14-32(38-29-5-3-2-4-24(19)29)20-6-8-22(9-7-20)39-40-30-12-13-31(27-17-23(54(45,46)47)10-11-25(27)30)41-42-35-33(53-52-51-44)15-21-16-34(55(48,49)50)28(37)18-26(21)36(35)43/h2-18,43-44H,37H2,1H3,(H,45,46,47)(H,48,49,50). The third-order valence-corrected chi connectivity index (χ3v) is 10.8. The summed E-state index contributed by atoms with van der Waals surface area (Å²) in [5.74, 6) is -0.551. The molecule has 0 atom stereocenters. The van der Waals surface area contributed by atoms with E-state index in [1.807, 2.05) is 49.4 Å². The van der Waals surface area contributed by atoms with Crippen LogP contribution in [-0.4, -0.2) is 41.3 Å². The SMILES string of the molecule is Cc1cc(-c2ccc(N=Nc3ccc(N=Nc4c(SOOO)cc5cc(S(=O)(=O)O)c(N)cc5c4O)c4cc(S(=O)(=O)O)ccc34)cc2)nc2ccccc12. The van der Waals surface area contributed by atoms with E-state index in [-0.39, 0.29) is 38.1 Å². The zero-order chi connectivity index (χ0) is 39.1. The van der Waals surface area contributed by atoms with E-state index < -0.39 is 35.8 Å². The number of pyridine rings is 1. The van der Waals surface area contributed by atoms with Crippen molar-refractivity contribution < 1.29 is 45.7 Å². The molecule has 0 aliphatic carbocycles. The largest absolute Gasteiger partial charge is 0.505 e. The summed E-state index contributed by atoms with van der Waals surface area (Å²) >= 11 is 0.373. The second-order valence-electron chi connectivity index (χ2n) is 12.0. The Balaban J connectivity index is 1.27. The Morgan fingerprint density at radius 1 is 0.727 bits per heavy atom. The van der Waals surface area contributed by atoms with Gasteiger partial charge < -0.3 is 10.8 Å². The number of azo groups is 2. The van der Waals surface area contributed by atoms with Crippen molar-refractivity contribution in [2.75, 3.05) is 5.73 Å². The van der Waals surface area contributed by atoms with Crippen LogP contribution in [0.25, 0.3) is 43.7 Å². The highest BCUT2D eigenvalue weighted by Gasteiger charge is 2.21. The molecule has 55 heavy (non-hydrogen) atoms. The Morgan fingerprint density at radius 3 is 2.15 bits per heavy atom. The Hall–Kier alpha value is -5.90. The van der Waals surface area contributed by atoms with Crippen LogP contribution in [0.5, 0.6) is 5.75 Å². The molecular formula is C36H26N6O10S3. The van der Waals surface area contributed by atoms with Crippen LogP contribution in [0.3, 0.4) is 0 Å². The molecule has 278 valence electrons. The first-order valence-electron chi connectivity index (χ1n) is 15.8. The molecule has 7 aromatic rings. The molecular weight excluding hydrogens is 773 g/mol. The first-order valence-corrected chi connectivity index (χ1v) is 19.4. The van der Waals surface area contributed by atoms with Crippen LogP contribution < -0.4 is 5.73 Å². The molecule has 6 N–H and O–H groups in total. The molecule has 0 spiro atoms. The van der Waals surface area contributed by atoms with Crippen LogP contribution in [-0.2, 0) is 29.6 Å². The molecule has 0 bridgehead atoms. The normalized spacial score (nSPS) is 12.5. The summed E-state index contributed by atoms with van der Waals surface area (Å²) in [5.41, 5.74) is 9.77. The molecule has 0 saturated heterocycles. The van der Waals surface area contributed by atoms with Gasteiger partial charge in [0.05, 0.1) is 55.8 Å². The summed E-state index contributed by atoms with van der Waals surface area (Å²) in [6, 6.07) is 27.4. The van der Waals surface area contributed by atoms with Crippen LogP contribution >= 0.6 is 12.0 Å². The van der Waals surface area contributed by atoms with Gasteiger partial charge in [0.2, 0.25) is 0 Å². The van der Waals surface area contributed by atoms with Crippen molar-refractivity contribution in [3.05, 3.63) is 109 Å². The molecule has 16 nitrogen and oxygen atoms in total. The maximum Gasteiger partial charge on any atom is 0.296 e. The summed E-state index contributed by atoms with van der Waals surface area (Å²) in [7, 11) is -9.39. The number of rotatable bonds is 10. The average Bonchev–Trinajstić information content (AvgIpc) is 3.15. The van der Waals surface area contributed by atoms with E-state index in [0.29, 0.717) is 28.8 Å². The lowest BCUT2D eigenvalue weighted by atomic mass is 10.1. The smallest absolute Gasteiger partial charge is 0.296 e. The fraction of sp³-hybridized carbons (Fsp3) is 0.0278. The van der Waals surface area contributed by atoms with Gasteiger partial charge in [-0.15, -0.1) is 19.7 Å². The number of aromatic hydroxyl groups is 1. The zero-order valence-electron chi connectivity index (χ0n) is 28.1. The average molecular weight is 799 g/mol. The molecule has 1 heterocycles. The van der Waals surface area contributed by atoms with E-state index in [9.17, 15) is 31.0 Å². The molecule has 0 radical (unpaired) electrons. The van der Waals surface area contributed by atoms with Crippen molar-refractivity contribution in [2.45, 2.75) is 21.6 Å². The summed E-state index contributed by atoms with van der Waals surface area (Å²) in [6.45, 7) is 2.03. The molecule has 0 fully saturated rings. The number of nitrogens with two attached hydrogens (primary N) is 1. The van der Waals surface area contributed by atoms with Crippen molar-refractivity contribution in [2.24, 2.45) is 20.5 Å². The van der Waals surface area contributed by atoms with Gasteiger partial charge in [0, 0.05) is 27.1 Å². The molecule has 6 aromatic carbocycles. The molecule has 19 heteroatoms. The lowest BCUT2D eigenvalue weighted by molar-refractivity contribution is -0.432. The maximum absolute atomic E-state index is 12.1. The van der Waals surface area contributed by atoms with E-state index >= 15 is 0 Å². The number of hydrogen-bond acceptors (Lipinski definition) is 15. The number of aromatic nitrogens is 1. The van der Waals surface area contributed by atoms with Crippen LogP contribution in [0.2, 0.25) is 0 Å². The van der Waals surface area contributed by atoms with Crippen molar-refractivity contribution in [1.82, 2.24) is 4.98 Å². The third kappa shape index (κ3) is 7.72. The molecule has 0 aliphatic rings. The second-order valence-corrected chi connectivity index (χ2v) is 15.5. The van der Waals surface area contributed by atoms with Gasteiger partial charge in [0.1, 0.15) is 10.6 Å². The van der Waals surface area contributed by atoms with Gasteiger partial charge in [-0.05, 0) is 84.6 Å². The fourth-order valence-electron chi connectivity index (χ4n) is 5.87. The minimum Gasteiger partial charge on any atom is -0.505 e. The minimum atomic E-state index is -4.73. The van der Waals surface area contributed by atoms with Gasteiger partial charge in [-0.2, -0.15) is 21.9 Å². The van der Waals surface area contributed by atoms with E-state index in [1.165, 1.54) is 30.3 Å². The van der Waals surface area contributed by atoms with Crippen LogP contribution in [0.1, 0.15) is 5.56 Å². The molecule has 0 unspecified atom stereocenters. The molecule has 1 aromatic heterocycles. The Morgan fingerprint density at radius 2 is 1.44 bits per heavy atom. The van der Waals surface area contributed by atoms with Crippen LogP contribution in [0.4, 0.5) is 28.4 Å². The third-order valence-electron chi connectivity index (χ3n) is 8.47. The lowest BCUT2D eigenvalue weighted by Gasteiger charge is -2.11. The van der Waals surface area contributed by atoms with Gasteiger partial charge >= 0.3 is 0 Å². The number of hydrogen-bond donors (Lipinski definition) is 5. The monoisotopic (exact) mass is 798 g/mol. The first-order chi connectivity index (χ1) is 26.2. The highest BCUT2D eigenvalue weighted by atomic mass is 32.2. The van der Waals surface area contributed by atoms with Crippen molar-refractivity contribution in [3.63, 3.8) is 0 Å². The quantitative estimate of drug-likeness (QED) is 0.0216. The number of aryl methyl sites for hydroxylation is 1. The highest BCUT2D eigenvalue weighted by Crippen LogP contribution is 2.46. The van der Waals surface area contributed by atoms with E-state index in [2.05, 4.69) is 29.8 Å². The Bertz CT molecular complexity index is 2960. The highest BCUT2D eigenvalue weighted by molar-refractivity contribution is 7.94. The van der Waals surface area contributed by atoms with E-state index in [4.69, 9.17) is 16.0 Å². The molecule has 0 aliphatic heterocycles. The van der Waals surface area contributed by atoms with E-state index in [1.54, 1.807) is 18.2 Å². The predicted octanol–water partition coefficient (Wildman–Crippen LogP) is 9.56. The Labute approximate surface area is 316 Å². The number of nitrogen functional groups attached to an aromatic ring is 1. The summed E-state index contributed by atoms with van der Waals surface area (Å²) in [4.78, 5) is 3.68. The van der Waals surface area contributed by atoms with Crippen LogP contribution in [0.15, 0.2) is 138 Å². The number of anilines is 1. The summed E-state index contributed by atoms with van der Waals surface area (Å²) in [5, 5.41) is 42.5. The second kappa shape index (κ2) is 14.7. The number of fused-ring (bicyclic) bond motifs is 3. The van der Waals surface area contributed by atoms with Gasteiger partial charge in [-0.1, -0.05) is 41.4 Å². The van der Waals surface area contributed by atoms with Gasteiger partial charge in [0.25, 0.3) is 20.2 Å². The van der Waals surface area contributed by atoms with Crippen molar-refractivity contribution in [3.8, 4) is 17.0 Å². The zero-order valence-corrected chi connectivity index (χ0v) is 30.5.